The van der Waals surface area contributed by atoms with Gasteiger partial charge >= 0.3 is 0 Å². The molecule has 0 aromatic rings. The molecule has 0 N–H and O–H groups in total. The number of hydrogen-bond donors (Lipinski definition) is 0. The van der Waals surface area contributed by atoms with Gasteiger partial charge in [0.05, 0.1) is 3.74 Å². The quantitative estimate of drug-likeness (QED) is 0.642. The summed E-state index contributed by atoms with van der Waals surface area (Å²) in [5.41, 5.74) is 0.553. The van der Waals surface area contributed by atoms with Gasteiger partial charge in [0, 0.05) is 0 Å². The molecule has 0 heterocycles. The molecule has 0 unspecified atom stereocenters. The predicted octanol–water partition coefficient (Wildman–Crippen LogP) is 4.71. The SMILES string of the molecule is CCC(CC)(CC)CC(Br)Br. The first kappa shape index (κ1) is 12.0. The Bertz CT molecular complexity index is 87.5. The van der Waals surface area contributed by atoms with Crippen LogP contribution >= 0.6 is 31.9 Å². The van der Waals surface area contributed by atoms with Crippen molar-refractivity contribution in [2.24, 2.45) is 5.41 Å². The van der Waals surface area contributed by atoms with Crippen LogP contribution in [0.3, 0.4) is 0 Å². The molecule has 0 aliphatic heterocycles. The van der Waals surface area contributed by atoms with Gasteiger partial charge in [-0.05, 0) is 11.8 Å². The van der Waals surface area contributed by atoms with Crippen molar-refractivity contribution in [2.75, 3.05) is 0 Å². The van der Waals surface area contributed by atoms with E-state index in [-0.39, 0.29) is 0 Å². The summed E-state index contributed by atoms with van der Waals surface area (Å²) in [5.74, 6) is 0. The van der Waals surface area contributed by atoms with Crippen molar-refractivity contribution in [3.8, 4) is 0 Å². The zero-order valence-electron chi connectivity index (χ0n) is 7.66. The number of alkyl halides is 2. The standard InChI is InChI=1S/C9H18Br2/c1-4-9(5-2,6-3)7-8(10)11/h8H,4-7H2,1-3H3. The van der Waals surface area contributed by atoms with E-state index in [4.69, 9.17) is 0 Å². The fourth-order valence-electron chi connectivity index (χ4n) is 1.51. The van der Waals surface area contributed by atoms with E-state index >= 15 is 0 Å². The van der Waals surface area contributed by atoms with Gasteiger partial charge in [-0.1, -0.05) is 71.9 Å². The van der Waals surface area contributed by atoms with Crippen molar-refractivity contribution in [3.63, 3.8) is 0 Å². The highest BCUT2D eigenvalue weighted by Crippen LogP contribution is 2.38. The summed E-state index contributed by atoms with van der Waals surface area (Å²) < 4.78 is 0.481. The minimum absolute atomic E-state index is 0.481. The van der Waals surface area contributed by atoms with Crippen LogP contribution in [0, 0.1) is 5.41 Å². The van der Waals surface area contributed by atoms with Crippen LogP contribution in [-0.4, -0.2) is 3.74 Å². The first-order chi connectivity index (χ1) is 5.10. The molecule has 0 saturated heterocycles. The van der Waals surface area contributed by atoms with Crippen LogP contribution in [0.25, 0.3) is 0 Å². The van der Waals surface area contributed by atoms with Crippen molar-refractivity contribution in [1.29, 1.82) is 0 Å². The van der Waals surface area contributed by atoms with Crippen LogP contribution in [0.15, 0.2) is 0 Å². The minimum Gasteiger partial charge on any atom is -0.0765 e. The maximum absolute atomic E-state index is 3.55. The molecular formula is C9H18Br2. The molecule has 68 valence electrons. The second kappa shape index (κ2) is 5.58. The van der Waals surface area contributed by atoms with Gasteiger partial charge in [-0.2, -0.15) is 0 Å². The average Bonchev–Trinajstić information content (AvgIpc) is 2.00. The van der Waals surface area contributed by atoms with E-state index in [1.165, 1.54) is 25.7 Å². The average molecular weight is 286 g/mol. The molecule has 0 bridgehead atoms. The molecule has 0 aromatic carbocycles. The topological polar surface area (TPSA) is 0 Å². The largest absolute Gasteiger partial charge is 0.0765 e. The van der Waals surface area contributed by atoms with Crippen LogP contribution < -0.4 is 0 Å². The molecule has 0 aliphatic rings. The Kier molecular flexibility index (Phi) is 6.07. The van der Waals surface area contributed by atoms with Gasteiger partial charge < -0.3 is 0 Å². The summed E-state index contributed by atoms with van der Waals surface area (Å²) in [5, 5.41) is 0. The smallest absolute Gasteiger partial charge is 0.0703 e. The molecule has 0 fully saturated rings. The van der Waals surface area contributed by atoms with Crippen LogP contribution in [0.2, 0.25) is 0 Å². The molecule has 2 heteroatoms. The predicted molar refractivity (Wildman–Crippen MR) is 59.6 cm³/mol. The first-order valence-corrected chi connectivity index (χ1v) is 6.21. The summed E-state index contributed by atoms with van der Waals surface area (Å²) in [6, 6.07) is 0. The van der Waals surface area contributed by atoms with E-state index in [0.717, 1.165) is 0 Å². The Hall–Kier alpha value is 0.960. The molecule has 0 nitrogen and oxygen atoms in total. The molecule has 0 aromatic heterocycles. The molecule has 0 radical (unpaired) electrons. The Balaban J connectivity index is 4.05. The summed E-state index contributed by atoms with van der Waals surface area (Å²) in [6.45, 7) is 6.86. The monoisotopic (exact) mass is 284 g/mol. The van der Waals surface area contributed by atoms with Crippen molar-refractivity contribution >= 4 is 31.9 Å². The number of halogens is 2. The summed E-state index contributed by atoms with van der Waals surface area (Å²) in [6.07, 6.45) is 5.09. The van der Waals surface area contributed by atoms with E-state index in [2.05, 4.69) is 52.6 Å². The fourth-order valence-corrected chi connectivity index (χ4v) is 2.88. The lowest BCUT2D eigenvalue weighted by molar-refractivity contribution is 0.240. The molecule has 0 amide bonds. The van der Waals surface area contributed by atoms with Gasteiger partial charge in [-0.15, -0.1) is 0 Å². The highest BCUT2D eigenvalue weighted by molar-refractivity contribution is 9.24. The van der Waals surface area contributed by atoms with E-state index in [1.807, 2.05) is 0 Å². The van der Waals surface area contributed by atoms with Gasteiger partial charge in [-0.25, -0.2) is 0 Å². The maximum atomic E-state index is 3.55. The Labute approximate surface area is 87.4 Å². The van der Waals surface area contributed by atoms with Crippen molar-refractivity contribution < 1.29 is 0 Å². The molecule has 0 saturated carbocycles. The number of rotatable bonds is 5. The third-order valence-corrected chi connectivity index (χ3v) is 3.48. The third-order valence-electron chi connectivity index (χ3n) is 2.84. The van der Waals surface area contributed by atoms with E-state index < -0.39 is 0 Å². The van der Waals surface area contributed by atoms with E-state index in [0.29, 0.717) is 9.15 Å². The summed E-state index contributed by atoms with van der Waals surface area (Å²) in [7, 11) is 0. The Morgan fingerprint density at radius 1 is 1.00 bits per heavy atom. The Morgan fingerprint density at radius 3 is 1.45 bits per heavy atom. The molecular weight excluding hydrogens is 268 g/mol. The number of hydrogen-bond acceptors (Lipinski definition) is 0. The summed E-state index contributed by atoms with van der Waals surface area (Å²) in [4.78, 5) is 0. The van der Waals surface area contributed by atoms with Gasteiger partial charge in [0.2, 0.25) is 0 Å². The van der Waals surface area contributed by atoms with Crippen LogP contribution in [0.1, 0.15) is 46.5 Å². The summed E-state index contributed by atoms with van der Waals surface area (Å²) >= 11 is 7.10. The molecule has 11 heavy (non-hydrogen) atoms. The molecule has 0 atom stereocenters. The van der Waals surface area contributed by atoms with Crippen LogP contribution in [0.4, 0.5) is 0 Å². The van der Waals surface area contributed by atoms with Gasteiger partial charge in [-0.3, -0.25) is 0 Å². The maximum Gasteiger partial charge on any atom is 0.0703 e. The minimum atomic E-state index is 0.481. The van der Waals surface area contributed by atoms with Gasteiger partial charge in [0.25, 0.3) is 0 Å². The first-order valence-electron chi connectivity index (χ1n) is 4.38. The lowest BCUT2D eigenvalue weighted by atomic mass is 9.78. The van der Waals surface area contributed by atoms with E-state index in [9.17, 15) is 0 Å². The second-order valence-corrected chi connectivity index (χ2v) is 6.60. The van der Waals surface area contributed by atoms with Crippen molar-refractivity contribution in [2.45, 2.75) is 50.2 Å². The van der Waals surface area contributed by atoms with Crippen molar-refractivity contribution in [1.82, 2.24) is 0 Å². The van der Waals surface area contributed by atoms with Gasteiger partial charge in [0.1, 0.15) is 0 Å². The molecule has 0 spiro atoms. The van der Waals surface area contributed by atoms with Crippen LogP contribution in [0.5, 0.6) is 0 Å². The normalized spacial score (nSPS) is 12.5. The third kappa shape index (κ3) is 3.93. The second-order valence-electron chi connectivity index (χ2n) is 3.16. The highest BCUT2D eigenvalue weighted by Gasteiger charge is 2.25. The lowest BCUT2D eigenvalue weighted by Gasteiger charge is -2.31. The van der Waals surface area contributed by atoms with Gasteiger partial charge in [0.15, 0.2) is 0 Å². The fraction of sp³-hybridized carbons (Fsp3) is 1.00. The van der Waals surface area contributed by atoms with Crippen molar-refractivity contribution in [3.05, 3.63) is 0 Å². The lowest BCUT2D eigenvalue weighted by Crippen LogP contribution is -2.20. The molecule has 0 rings (SSSR count). The molecule has 0 aliphatic carbocycles. The van der Waals surface area contributed by atoms with Crippen LogP contribution in [-0.2, 0) is 0 Å². The Morgan fingerprint density at radius 2 is 1.36 bits per heavy atom. The zero-order chi connectivity index (χ0) is 8.91. The highest BCUT2D eigenvalue weighted by atomic mass is 79.9. The van der Waals surface area contributed by atoms with E-state index in [1.54, 1.807) is 0 Å². The zero-order valence-corrected chi connectivity index (χ0v) is 10.8.